The van der Waals surface area contributed by atoms with Crippen LogP contribution in [0.1, 0.15) is 31.7 Å². The molecule has 32 heavy (non-hydrogen) atoms. The van der Waals surface area contributed by atoms with Gasteiger partial charge in [-0.1, -0.05) is 6.07 Å². The number of carbonyl (C=O) groups is 1. The summed E-state index contributed by atoms with van der Waals surface area (Å²) in [6.45, 7) is 4.17. The fourth-order valence-corrected chi connectivity index (χ4v) is 4.14. The Kier molecular flexibility index (Phi) is 7.15. The predicted molar refractivity (Wildman–Crippen MR) is 122 cm³/mol. The number of carbonyl (C=O) groups excluding carboxylic acids is 1. The molecule has 10 heteroatoms. The Bertz CT molecular complexity index is 1220. The standard InChI is InChI=1S/C22H29N5O4S/c1-15(2)31-22-16(7-6-12-23-22)14-24-21(28)11-10-20-25-18-13-17(32(29,30)26(3)4)8-9-19(18)27(20)5/h6-9,12-13,15H,10-11,14H2,1-5H3,(H,24,28). The minimum absolute atomic E-state index is 0.00914. The van der Waals surface area contributed by atoms with E-state index in [-0.39, 0.29) is 23.3 Å². The largest absolute Gasteiger partial charge is 0.475 e. The van der Waals surface area contributed by atoms with Crippen LogP contribution in [-0.2, 0) is 34.8 Å². The van der Waals surface area contributed by atoms with E-state index in [2.05, 4.69) is 15.3 Å². The number of nitrogens with one attached hydrogen (secondary N) is 1. The van der Waals surface area contributed by atoms with Crippen molar-refractivity contribution in [1.82, 2.24) is 24.2 Å². The van der Waals surface area contributed by atoms with E-state index in [4.69, 9.17) is 4.74 Å². The summed E-state index contributed by atoms with van der Waals surface area (Å²) in [5, 5.41) is 2.90. The van der Waals surface area contributed by atoms with Crippen molar-refractivity contribution in [3.05, 3.63) is 47.9 Å². The Balaban J connectivity index is 1.66. The number of nitrogens with zero attached hydrogens (tertiary/aromatic N) is 4. The Morgan fingerprint density at radius 3 is 2.69 bits per heavy atom. The summed E-state index contributed by atoms with van der Waals surface area (Å²) in [6.07, 6.45) is 2.32. The molecule has 0 aliphatic rings. The fraction of sp³-hybridized carbons (Fsp3) is 0.409. The summed E-state index contributed by atoms with van der Waals surface area (Å²) in [4.78, 5) is 21.4. The van der Waals surface area contributed by atoms with Gasteiger partial charge in [-0.25, -0.2) is 22.7 Å². The average molecular weight is 460 g/mol. The molecule has 3 rings (SSSR count). The summed E-state index contributed by atoms with van der Waals surface area (Å²) in [7, 11) is 1.30. The van der Waals surface area contributed by atoms with Crippen molar-refractivity contribution in [3.8, 4) is 5.88 Å². The van der Waals surface area contributed by atoms with Gasteiger partial charge in [0.15, 0.2) is 0 Å². The van der Waals surface area contributed by atoms with Crippen LogP contribution in [0.15, 0.2) is 41.4 Å². The molecule has 0 atom stereocenters. The Morgan fingerprint density at radius 2 is 2.00 bits per heavy atom. The van der Waals surface area contributed by atoms with E-state index in [9.17, 15) is 13.2 Å². The Morgan fingerprint density at radius 1 is 1.25 bits per heavy atom. The van der Waals surface area contributed by atoms with Gasteiger partial charge in [0.25, 0.3) is 0 Å². The van der Waals surface area contributed by atoms with E-state index in [0.717, 1.165) is 11.1 Å². The van der Waals surface area contributed by atoms with Crippen LogP contribution in [0.3, 0.4) is 0 Å². The van der Waals surface area contributed by atoms with E-state index in [1.54, 1.807) is 30.5 Å². The molecule has 0 fully saturated rings. The van der Waals surface area contributed by atoms with E-state index < -0.39 is 10.0 Å². The van der Waals surface area contributed by atoms with Gasteiger partial charge in [-0.15, -0.1) is 0 Å². The van der Waals surface area contributed by atoms with Crippen molar-refractivity contribution in [2.24, 2.45) is 7.05 Å². The molecule has 0 aliphatic heterocycles. The maximum atomic E-state index is 12.4. The van der Waals surface area contributed by atoms with Crippen LogP contribution in [0.4, 0.5) is 0 Å². The number of hydrogen-bond donors (Lipinski definition) is 1. The lowest BCUT2D eigenvalue weighted by Gasteiger charge is -2.13. The van der Waals surface area contributed by atoms with Crippen LogP contribution in [-0.4, -0.2) is 53.4 Å². The summed E-state index contributed by atoms with van der Waals surface area (Å²) < 4.78 is 33.5. The van der Waals surface area contributed by atoms with Crippen LogP contribution < -0.4 is 10.1 Å². The lowest BCUT2D eigenvalue weighted by molar-refractivity contribution is -0.121. The number of imidazole rings is 1. The van der Waals surface area contributed by atoms with Crippen LogP contribution in [0.25, 0.3) is 11.0 Å². The van der Waals surface area contributed by atoms with Crippen LogP contribution in [0.5, 0.6) is 5.88 Å². The van der Waals surface area contributed by atoms with Gasteiger partial charge < -0.3 is 14.6 Å². The van der Waals surface area contributed by atoms with Gasteiger partial charge in [0.2, 0.25) is 21.8 Å². The third kappa shape index (κ3) is 5.25. The normalized spacial score (nSPS) is 12.0. The molecule has 0 radical (unpaired) electrons. The van der Waals surface area contributed by atoms with Gasteiger partial charge in [-0.05, 0) is 38.1 Å². The van der Waals surface area contributed by atoms with Gasteiger partial charge in [0.05, 0.1) is 22.0 Å². The molecular weight excluding hydrogens is 430 g/mol. The number of aryl methyl sites for hydroxylation is 2. The molecule has 1 N–H and O–H groups in total. The molecule has 0 unspecified atom stereocenters. The molecule has 0 spiro atoms. The minimum Gasteiger partial charge on any atom is -0.475 e. The van der Waals surface area contributed by atoms with Crippen molar-refractivity contribution < 1.29 is 17.9 Å². The first-order valence-corrected chi connectivity index (χ1v) is 11.8. The van der Waals surface area contributed by atoms with E-state index in [0.29, 0.717) is 30.2 Å². The zero-order valence-corrected chi connectivity index (χ0v) is 19.8. The van der Waals surface area contributed by atoms with E-state index in [1.807, 2.05) is 31.5 Å². The molecule has 2 heterocycles. The molecule has 0 aliphatic carbocycles. The summed E-state index contributed by atoms with van der Waals surface area (Å²) in [5.41, 5.74) is 2.20. The van der Waals surface area contributed by atoms with Crippen molar-refractivity contribution in [3.63, 3.8) is 0 Å². The number of benzene rings is 1. The fourth-order valence-electron chi connectivity index (χ4n) is 3.22. The highest BCUT2D eigenvalue weighted by Crippen LogP contribution is 2.22. The molecular formula is C22H29N5O4S. The molecule has 2 aromatic heterocycles. The second-order valence-electron chi connectivity index (χ2n) is 7.94. The number of rotatable bonds is 9. The highest BCUT2D eigenvalue weighted by molar-refractivity contribution is 7.89. The van der Waals surface area contributed by atoms with Crippen molar-refractivity contribution in [2.75, 3.05) is 14.1 Å². The monoisotopic (exact) mass is 459 g/mol. The van der Waals surface area contributed by atoms with Gasteiger partial charge in [0, 0.05) is 52.3 Å². The summed E-state index contributed by atoms with van der Waals surface area (Å²) >= 11 is 0. The second-order valence-corrected chi connectivity index (χ2v) is 10.1. The Hall–Kier alpha value is -2.98. The number of amides is 1. The number of hydrogen-bond acceptors (Lipinski definition) is 6. The molecule has 3 aromatic rings. The summed E-state index contributed by atoms with van der Waals surface area (Å²) in [5.74, 6) is 1.11. The smallest absolute Gasteiger partial charge is 0.242 e. The molecule has 1 aromatic carbocycles. The van der Waals surface area contributed by atoms with Gasteiger partial charge >= 0.3 is 0 Å². The highest BCUT2D eigenvalue weighted by Gasteiger charge is 2.19. The molecule has 172 valence electrons. The quantitative estimate of drug-likeness (QED) is 0.526. The van der Waals surface area contributed by atoms with E-state index >= 15 is 0 Å². The summed E-state index contributed by atoms with van der Waals surface area (Å²) in [6, 6.07) is 8.54. The number of aromatic nitrogens is 3. The SMILES string of the molecule is CC(C)Oc1ncccc1CNC(=O)CCc1nc2cc(S(=O)(=O)N(C)C)ccc2n1C. The van der Waals surface area contributed by atoms with Crippen molar-refractivity contribution in [1.29, 1.82) is 0 Å². The third-order valence-corrected chi connectivity index (χ3v) is 6.78. The van der Waals surface area contributed by atoms with Gasteiger partial charge in [-0.2, -0.15) is 0 Å². The van der Waals surface area contributed by atoms with Gasteiger partial charge in [-0.3, -0.25) is 4.79 Å². The van der Waals surface area contributed by atoms with Crippen molar-refractivity contribution in [2.45, 2.75) is 44.2 Å². The highest BCUT2D eigenvalue weighted by atomic mass is 32.2. The molecule has 0 bridgehead atoms. The lowest BCUT2D eigenvalue weighted by Crippen LogP contribution is -2.24. The van der Waals surface area contributed by atoms with Crippen LogP contribution >= 0.6 is 0 Å². The third-order valence-electron chi connectivity index (χ3n) is 4.97. The maximum Gasteiger partial charge on any atom is 0.242 e. The number of ether oxygens (including phenoxy) is 1. The zero-order valence-electron chi connectivity index (χ0n) is 19.0. The van der Waals surface area contributed by atoms with Crippen LogP contribution in [0, 0.1) is 0 Å². The molecule has 0 saturated heterocycles. The first-order valence-electron chi connectivity index (χ1n) is 10.3. The zero-order chi connectivity index (χ0) is 23.5. The minimum atomic E-state index is -3.54. The topological polar surface area (TPSA) is 106 Å². The molecule has 1 amide bonds. The molecule has 0 saturated carbocycles. The average Bonchev–Trinajstić information content (AvgIpc) is 3.06. The second kappa shape index (κ2) is 9.66. The van der Waals surface area contributed by atoms with Gasteiger partial charge in [0.1, 0.15) is 5.82 Å². The predicted octanol–water partition coefficient (Wildman–Crippen LogP) is 2.25. The lowest BCUT2D eigenvalue weighted by atomic mass is 10.2. The van der Waals surface area contributed by atoms with Crippen LogP contribution in [0.2, 0.25) is 0 Å². The Labute approximate surface area is 188 Å². The first kappa shape index (κ1) is 23.7. The first-order chi connectivity index (χ1) is 15.1. The molecule has 9 nitrogen and oxygen atoms in total. The number of fused-ring (bicyclic) bond motifs is 1. The number of sulfonamides is 1. The number of pyridine rings is 1. The van der Waals surface area contributed by atoms with E-state index in [1.165, 1.54) is 18.4 Å². The maximum absolute atomic E-state index is 12.4. The van der Waals surface area contributed by atoms with Crippen molar-refractivity contribution >= 4 is 27.0 Å².